The van der Waals surface area contributed by atoms with Gasteiger partial charge in [0.2, 0.25) is 0 Å². The van der Waals surface area contributed by atoms with Crippen LogP contribution in [0.5, 0.6) is 0 Å². The molecule has 2 heterocycles. The van der Waals surface area contributed by atoms with Crippen molar-refractivity contribution < 1.29 is 17.7 Å². The highest BCUT2D eigenvalue weighted by Crippen LogP contribution is 2.28. The van der Waals surface area contributed by atoms with E-state index in [1.165, 1.54) is 4.68 Å². The highest BCUT2D eigenvalue weighted by atomic mass is 19.4. The van der Waals surface area contributed by atoms with E-state index in [-0.39, 0.29) is 6.54 Å². The van der Waals surface area contributed by atoms with Crippen molar-refractivity contribution in [3.05, 3.63) is 35.5 Å². The largest absolute Gasteiger partial charge is 0.419 e. The van der Waals surface area contributed by atoms with Crippen molar-refractivity contribution in [3.63, 3.8) is 0 Å². The number of hydrogen-bond acceptors (Lipinski definition) is 4. The van der Waals surface area contributed by atoms with E-state index in [0.29, 0.717) is 24.0 Å². The van der Waals surface area contributed by atoms with Crippen LogP contribution < -0.4 is 5.32 Å². The molecule has 5 nitrogen and oxygen atoms in total. The van der Waals surface area contributed by atoms with Gasteiger partial charge in [-0.3, -0.25) is 4.68 Å². The van der Waals surface area contributed by atoms with Gasteiger partial charge in [-0.2, -0.15) is 18.3 Å². The van der Waals surface area contributed by atoms with Crippen LogP contribution in [0.1, 0.15) is 30.9 Å². The molecule has 110 valence electrons. The van der Waals surface area contributed by atoms with Crippen LogP contribution in [0.25, 0.3) is 0 Å². The summed E-state index contributed by atoms with van der Waals surface area (Å²) >= 11 is 0. The van der Waals surface area contributed by atoms with Crippen molar-refractivity contribution in [2.45, 2.75) is 39.2 Å². The predicted molar refractivity (Wildman–Crippen MR) is 64.8 cm³/mol. The Hall–Kier alpha value is -1.83. The zero-order chi connectivity index (χ0) is 14.8. The molecule has 0 aromatic carbocycles. The molecule has 20 heavy (non-hydrogen) atoms. The molecule has 0 atom stereocenters. The lowest BCUT2D eigenvalue weighted by Crippen LogP contribution is -2.21. The van der Waals surface area contributed by atoms with Gasteiger partial charge in [0.05, 0.1) is 17.5 Å². The molecular weight excluding hydrogens is 273 g/mol. The maximum Gasteiger partial charge on any atom is 0.419 e. The zero-order valence-electron chi connectivity index (χ0n) is 11.1. The average molecular weight is 288 g/mol. The van der Waals surface area contributed by atoms with E-state index >= 15 is 0 Å². The normalized spacial score (nSPS) is 12.3. The number of rotatable bonds is 5. The second-order valence-corrected chi connectivity index (χ2v) is 4.74. The second-order valence-electron chi connectivity index (χ2n) is 4.74. The van der Waals surface area contributed by atoms with Gasteiger partial charge in [-0.25, -0.2) is 0 Å². The molecule has 0 radical (unpaired) electrons. The van der Waals surface area contributed by atoms with E-state index in [1.807, 2.05) is 13.8 Å². The molecule has 0 aliphatic carbocycles. The van der Waals surface area contributed by atoms with Crippen molar-refractivity contribution in [3.8, 4) is 0 Å². The van der Waals surface area contributed by atoms with Gasteiger partial charge in [-0.05, 0) is 0 Å². The minimum atomic E-state index is -4.38. The third-order valence-corrected chi connectivity index (χ3v) is 2.58. The number of nitrogens with zero attached hydrogens (tertiary/aromatic N) is 3. The highest BCUT2D eigenvalue weighted by molar-refractivity contribution is 5.10. The second kappa shape index (κ2) is 5.66. The molecule has 2 aromatic heterocycles. The standard InChI is InChI=1S/C12H15F3N4O/c1-8(2)16-5-10-3-11(20-18-10)7-19-6-9(4-17-19)12(13,14)15/h3-4,6,8,16H,5,7H2,1-2H3. The number of alkyl halides is 3. The lowest BCUT2D eigenvalue weighted by molar-refractivity contribution is -0.137. The van der Waals surface area contributed by atoms with Gasteiger partial charge in [0.15, 0.2) is 5.76 Å². The molecule has 2 rings (SSSR count). The van der Waals surface area contributed by atoms with Gasteiger partial charge in [-0.1, -0.05) is 19.0 Å². The van der Waals surface area contributed by atoms with Gasteiger partial charge in [0.1, 0.15) is 6.54 Å². The molecule has 0 saturated heterocycles. The first kappa shape index (κ1) is 14.6. The summed E-state index contributed by atoms with van der Waals surface area (Å²) < 4.78 is 43.5. The first-order chi connectivity index (χ1) is 9.34. The fourth-order valence-corrected chi connectivity index (χ4v) is 1.58. The van der Waals surface area contributed by atoms with Crippen LogP contribution in [0.2, 0.25) is 0 Å². The number of hydrogen-bond donors (Lipinski definition) is 1. The molecule has 2 aromatic rings. The minimum absolute atomic E-state index is 0.116. The van der Waals surface area contributed by atoms with Crippen LogP contribution in [0.3, 0.4) is 0 Å². The van der Waals surface area contributed by atoms with Gasteiger partial charge in [-0.15, -0.1) is 0 Å². The first-order valence-corrected chi connectivity index (χ1v) is 6.12. The van der Waals surface area contributed by atoms with Crippen LogP contribution in [0.4, 0.5) is 13.2 Å². The fourth-order valence-electron chi connectivity index (χ4n) is 1.58. The van der Waals surface area contributed by atoms with Crippen LogP contribution in [-0.4, -0.2) is 21.0 Å². The van der Waals surface area contributed by atoms with E-state index in [0.717, 1.165) is 12.4 Å². The first-order valence-electron chi connectivity index (χ1n) is 6.12. The molecular formula is C12H15F3N4O. The minimum Gasteiger partial charge on any atom is -0.359 e. The zero-order valence-corrected chi connectivity index (χ0v) is 11.1. The van der Waals surface area contributed by atoms with Crippen molar-refractivity contribution in [1.82, 2.24) is 20.3 Å². The summed E-state index contributed by atoms with van der Waals surface area (Å²) in [5.74, 6) is 0.461. The van der Waals surface area contributed by atoms with Gasteiger partial charge in [0.25, 0.3) is 0 Å². The van der Waals surface area contributed by atoms with E-state index in [1.54, 1.807) is 6.07 Å². The highest BCUT2D eigenvalue weighted by Gasteiger charge is 2.32. The van der Waals surface area contributed by atoms with E-state index in [9.17, 15) is 13.2 Å². The van der Waals surface area contributed by atoms with Crippen molar-refractivity contribution >= 4 is 0 Å². The lowest BCUT2D eigenvalue weighted by atomic mass is 10.3. The Bertz CT molecular complexity index is 559. The summed E-state index contributed by atoms with van der Waals surface area (Å²) in [7, 11) is 0. The molecule has 0 saturated carbocycles. The molecule has 0 spiro atoms. The van der Waals surface area contributed by atoms with Crippen LogP contribution >= 0.6 is 0 Å². The molecule has 1 N–H and O–H groups in total. The van der Waals surface area contributed by atoms with Gasteiger partial charge in [0, 0.05) is 24.8 Å². The Morgan fingerprint density at radius 1 is 1.40 bits per heavy atom. The Morgan fingerprint density at radius 2 is 2.15 bits per heavy atom. The summed E-state index contributed by atoms with van der Waals surface area (Å²) in [5, 5.41) is 10.7. The van der Waals surface area contributed by atoms with E-state index < -0.39 is 11.7 Å². The van der Waals surface area contributed by atoms with Crippen molar-refractivity contribution in [2.24, 2.45) is 0 Å². The third kappa shape index (κ3) is 3.83. The van der Waals surface area contributed by atoms with Gasteiger partial charge < -0.3 is 9.84 Å². The Kier molecular flexibility index (Phi) is 4.12. The molecule has 0 aliphatic heterocycles. The summed E-state index contributed by atoms with van der Waals surface area (Å²) in [5.41, 5.74) is -0.0735. The molecule has 0 aliphatic rings. The molecule has 0 unspecified atom stereocenters. The Morgan fingerprint density at radius 3 is 2.75 bits per heavy atom. The van der Waals surface area contributed by atoms with Gasteiger partial charge >= 0.3 is 6.18 Å². The molecule has 0 fully saturated rings. The van der Waals surface area contributed by atoms with Crippen LogP contribution in [-0.2, 0) is 19.3 Å². The predicted octanol–water partition coefficient (Wildman–Crippen LogP) is 2.44. The van der Waals surface area contributed by atoms with E-state index in [4.69, 9.17) is 4.52 Å². The quantitative estimate of drug-likeness (QED) is 0.918. The maximum atomic E-state index is 12.4. The number of nitrogens with one attached hydrogen (secondary N) is 1. The SMILES string of the molecule is CC(C)NCc1cc(Cn2cc(C(F)(F)F)cn2)on1. The van der Waals surface area contributed by atoms with E-state index in [2.05, 4.69) is 15.6 Å². The monoisotopic (exact) mass is 288 g/mol. The molecule has 8 heteroatoms. The fraction of sp³-hybridized carbons (Fsp3) is 0.500. The van der Waals surface area contributed by atoms with Crippen molar-refractivity contribution in [1.29, 1.82) is 0 Å². The average Bonchev–Trinajstić information content (AvgIpc) is 2.95. The Balaban J connectivity index is 1.98. The van der Waals surface area contributed by atoms with Crippen LogP contribution in [0.15, 0.2) is 23.0 Å². The maximum absolute atomic E-state index is 12.4. The Labute approximate surface area is 113 Å². The smallest absolute Gasteiger partial charge is 0.359 e. The van der Waals surface area contributed by atoms with Crippen LogP contribution in [0, 0.1) is 0 Å². The summed E-state index contributed by atoms with van der Waals surface area (Å²) in [6.45, 7) is 4.67. The summed E-state index contributed by atoms with van der Waals surface area (Å²) in [4.78, 5) is 0. The number of halogens is 3. The topological polar surface area (TPSA) is 55.9 Å². The summed E-state index contributed by atoms with van der Waals surface area (Å²) in [6, 6.07) is 2.01. The molecule has 0 amide bonds. The lowest BCUT2D eigenvalue weighted by Gasteiger charge is -2.03. The third-order valence-electron chi connectivity index (χ3n) is 2.58. The molecule has 0 bridgehead atoms. The summed E-state index contributed by atoms with van der Waals surface area (Å²) in [6.07, 6.45) is -2.65. The number of aromatic nitrogens is 3. The van der Waals surface area contributed by atoms with Crippen molar-refractivity contribution in [2.75, 3.05) is 0 Å².